The molecule has 0 heterocycles. The van der Waals surface area contributed by atoms with Crippen molar-refractivity contribution in [1.82, 2.24) is 0 Å². The molecule has 0 bridgehead atoms. The molecule has 0 radical (unpaired) electrons. The average Bonchev–Trinajstić information content (AvgIpc) is 3.17. The molecule has 0 fully saturated rings. The summed E-state index contributed by atoms with van der Waals surface area (Å²) in [4.78, 5) is 24.0. The van der Waals surface area contributed by atoms with Crippen LogP contribution in [0, 0.1) is 0 Å². The van der Waals surface area contributed by atoms with Gasteiger partial charge >= 0.3 is 11.9 Å². The highest BCUT2D eigenvalue weighted by Crippen LogP contribution is 2.16. The number of unbranched alkanes of at least 4 members (excludes halogenated alkanes) is 39. The molecule has 0 saturated heterocycles. The van der Waals surface area contributed by atoms with Gasteiger partial charge in [-0.2, -0.15) is 0 Å². The summed E-state index contributed by atoms with van der Waals surface area (Å²) in [5.74, 6) is 0.0237. The Morgan fingerprint density at radius 3 is 0.611 bits per heavy atom. The predicted molar refractivity (Wildman–Crippen MR) is 236 cm³/mol. The molecule has 0 unspecified atom stereocenters. The number of hydrogen-bond donors (Lipinski definition) is 0. The summed E-state index contributed by atoms with van der Waals surface area (Å²) >= 11 is 0. The summed E-state index contributed by atoms with van der Waals surface area (Å²) in [6.45, 7) is 5.81. The van der Waals surface area contributed by atoms with E-state index in [0.717, 1.165) is 38.5 Å². The van der Waals surface area contributed by atoms with E-state index in [4.69, 9.17) is 9.47 Å². The number of rotatable bonds is 47. The summed E-state index contributed by atoms with van der Waals surface area (Å²) in [5.41, 5.74) is 0. The first kappa shape index (κ1) is 52.9. The molecule has 4 nitrogen and oxygen atoms in total. The van der Waals surface area contributed by atoms with Gasteiger partial charge in [0.15, 0.2) is 0 Å². The zero-order valence-electron chi connectivity index (χ0n) is 37.2. The molecule has 0 aromatic carbocycles. The van der Waals surface area contributed by atoms with E-state index in [-0.39, 0.29) is 11.9 Å². The molecule has 0 atom stereocenters. The molecule has 0 aliphatic heterocycles. The number of carbonyl (C=O) groups excluding carboxylic acids is 2. The lowest BCUT2D eigenvalue weighted by Gasteiger charge is -2.06. The van der Waals surface area contributed by atoms with Crippen molar-refractivity contribution >= 4 is 11.9 Å². The minimum Gasteiger partial charge on any atom is -0.466 e. The number of carbonyl (C=O) groups is 2. The van der Waals surface area contributed by atoms with Crippen molar-refractivity contribution < 1.29 is 19.1 Å². The maximum Gasteiger partial charge on any atom is 0.305 e. The molecule has 54 heavy (non-hydrogen) atoms. The van der Waals surface area contributed by atoms with Gasteiger partial charge in [-0.05, 0) is 25.7 Å². The standard InChI is InChI=1S/C50H98O4/c1-3-5-7-9-11-13-15-17-23-27-31-35-39-43-47-53-49(51)45-41-37-33-29-25-21-19-20-22-26-30-34-38-42-46-50(52)54-48-44-40-36-32-28-24-18-16-14-12-10-8-6-4-2/h3-48H2,1-2H3. The second-order valence-electron chi connectivity index (χ2n) is 17.1. The van der Waals surface area contributed by atoms with Crippen LogP contribution in [0.4, 0.5) is 0 Å². The van der Waals surface area contributed by atoms with Crippen LogP contribution in [0.2, 0.25) is 0 Å². The molecule has 322 valence electrons. The second-order valence-corrected chi connectivity index (χ2v) is 17.1. The van der Waals surface area contributed by atoms with E-state index in [0.29, 0.717) is 26.1 Å². The van der Waals surface area contributed by atoms with Crippen LogP contribution in [0.25, 0.3) is 0 Å². The van der Waals surface area contributed by atoms with Crippen molar-refractivity contribution in [3.63, 3.8) is 0 Å². The molecule has 0 saturated carbocycles. The molecule has 0 rings (SSSR count). The highest BCUT2D eigenvalue weighted by Gasteiger charge is 2.04. The van der Waals surface area contributed by atoms with Crippen LogP contribution in [-0.2, 0) is 19.1 Å². The van der Waals surface area contributed by atoms with E-state index >= 15 is 0 Å². The Balaban J connectivity index is 3.20. The van der Waals surface area contributed by atoms with Crippen LogP contribution in [0.1, 0.15) is 296 Å². The third-order valence-electron chi connectivity index (χ3n) is 11.5. The minimum atomic E-state index is 0.0118. The molecule has 0 aromatic heterocycles. The minimum absolute atomic E-state index is 0.0118. The molecule has 0 aliphatic carbocycles. The van der Waals surface area contributed by atoms with Crippen molar-refractivity contribution in [2.45, 2.75) is 296 Å². The van der Waals surface area contributed by atoms with Crippen LogP contribution in [-0.4, -0.2) is 25.2 Å². The van der Waals surface area contributed by atoms with Gasteiger partial charge in [0.05, 0.1) is 13.2 Å². The third kappa shape index (κ3) is 47.1. The van der Waals surface area contributed by atoms with Gasteiger partial charge in [0.2, 0.25) is 0 Å². The van der Waals surface area contributed by atoms with Crippen molar-refractivity contribution in [3.8, 4) is 0 Å². The van der Waals surface area contributed by atoms with Crippen LogP contribution in [0.5, 0.6) is 0 Å². The van der Waals surface area contributed by atoms with Gasteiger partial charge in [-0.3, -0.25) is 9.59 Å². The fourth-order valence-corrected chi connectivity index (χ4v) is 7.77. The van der Waals surface area contributed by atoms with Crippen LogP contribution >= 0.6 is 0 Å². The predicted octanol–water partition coefficient (Wildman–Crippen LogP) is 17.3. The van der Waals surface area contributed by atoms with Gasteiger partial charge < -0.3 is 9.47 Å². The summed E-state index contributed by atoms with van der Waals surface area (Å²) in [6, 6.07) is 0. The first-order valence-corrected chi connectivity index (χ1v) is 25.0. The largest absolute Gasteiger partial charge is 0.466 e. The quantitative estimate of drug-likeness (QED) is 0.0458. The van der Waals surface area contributed by atoms with E-state index < -0.39 is 0 Å². The van der Waals surface area contributed by atoms with E-state index in [1.54, 1.807) is 0 Å². The maximum absolute atomic E-state index is 12.0. The molecular weight excluding hydrogens is 665 g/mol. The zero-order valence-corrected chi connectivity index (χ0v) is 37.2. The Bertz CT molecular complexity index is 661. The van der Waals surface area contributed by atoms with Gasteiger partial charge in [0.25, 0.3) is 0 Å². The normalized spacial score (nSPS) is 11.4. The lowest BCUT2D eigenvalue weighted by molar-refractivity contribution is -0.144. The fourth-order valence-electron chi connectivity index (χ4n) is 7.77. The monoisotopic (exact) mass is 763 g/mol. The van der Waals surface area contributed by atoms with Gasteiger partial charge in [-0.1, -0.05) is 258 Å². The summed E-state index contributed by atoms with van der Waals surface area (Å²) in [6.07, 6.45) is 56.5. The fraction of sp³-hybridized carbons (Fsp3) is 0.960. The van der Waals surface area contributed by atoms with Crippen molar-refractivity contribution in [3.05, 3.63) is 0 Å². The molecule has 0 spiro atoms. The molecule has 0 N–H and O–H groups in total. The van der Waals surface area contributed by atoms with Crippen LogP contribution < -0.4 is 0 Å². The Hall–Kier alpha value is -1.06. The first-order chi connectivity index (χ1) is 26.7. The van der Waals surface area contributed by atoms with Crippen LogP contribution in [0.3, 0.4) is 0 Å². The summed E-state index contributed by atoms with van der Waals surface area (Å²) < 4.78 is 10.9. The Kier molecular flexibility index (Phi) is 47.1. The van der Waals surface area contributed by atoms with Gasteiger partial charge in [0, 0.05) is 12.8 Å². The topological polar surface area (TPSA) is 52.6 Å². The number of ether oxygens (including phenoxy) is 2. The van der Waals surface area contributed by atoms with Crippen molar-refractivity contribution in [1.29, 1.82) is 0 Å². The summed E-state index contributed by atoms with van der Waals surface area (Å²) in [5, 5.41) is 0. The highest BCUT2D eigenvalue weighted by molar-refractivity contribution is 5.69. The Morgan fingerprint density at radius 2 is 0.407 bits per heavy atom. The molecule has 0 amide bonds. The Morgan fingerprint density at radius 1 is 0.241 bits per heavy atom. The lowest BCUT2D eigenvalue weighted by Crippen LogP contribution is -2.05. The van der Waals surface area contributed by atoms with Crippen LogP contribution in [0.15, 0.2) is 0 Å². The smallest absolute Gasteiger partial charge is 0.305 e. The number of esters is 2. The van der Waals surface area contributed by atoms with Gasteiger partial charge in [-0.25, -0.2) is 0 Å². The van der Waals surface area contributed by atoms with Crippen molar-refractivity contribution in [2.24, 2.45) is 0 Å². The highest BCUT2D eigenvalue weighted by atomic mass is 16.5. The van der Waals surface area contributed by atoms with Gasteiger partial charge in [0.1, 0.15) is 0 Å². The maximum atomic E-state index is 12.0. The summed E-state index contributed by atoms with van der Waals surface area (Å²) in [7, 11) is 0. The molecule has 0 aliphatic rings. The van der Waals surface area contributed by atoms with E-state index in [1.807, 2.05) is 0 Å². The van der Waals surface area contributed by atoms with Crippen molar-refractivity contribution in [2.75, 3.05) is 13.2 Å². The number of hydrogen-bond acceptors (Lipinski definition) is 4. The Labute approximate surface area is 339 Å². The average molecular weight is 763 g/mol. The lowest BCUT2D eigenvalue weighted by atomic mass is 10.0. The third-order valence-corrected chi connectivity index (χ3v) is 11.5. The second kappa shape index (κ2) is 48.1. The van der Waals surface area contributed by atoms with E-state index in [2.05, 4.69) is 13.8 Å². The molecular formula is C50H98O4. The van der Waals surface area contributed by atoms with Gasteiger partial charge in [-0.15, -0.1) is 0 Å². The van der Waals surface area contributed by atoms with E-state index in [1.165, 1.54) is 231 Å². The molecule has 0 aromatic rings. The first-order valence-electron chi connectivity index (χ1n) is 25.0. The zero-order chi connectivity index (χ0) is 39.1. The SMILES string of the molecule is CCCCCCCCCCCCCCCCOC(=O)CCCCCCCCCCCCCCCCC(=O)OCCCCCCCCCCCCCCCC. The van der Waals surface area contributed by atoms with E-state index in [9.17, 15) is 9.59 Å². The molecule has 4 heteroatoms.